The molecule has 1 aromatic rings. The van der Waals surface area contributed by atoms with Crippen molar-refractivity contribution >= 4 is 30.9 Å². The van der Waals surface area contributed by atoms with Crippen LogP contribution in [0.25, 0.3) is 6.08 Å². The molecule has 15 heavy (non-hydrogen) atoms. The first-order chi connectivity index (χ1) is 6.26. The molecule has 0 bridgehead atoms. The minimum absolute atomic E-state index is 0. The van der Waals surface area contributed by atoms with Gasteiger partial charge in [-0.3, -0.25) is 0 Å². The van der Waals surface area contributed by atoms with Gasteiger partial charge in [0, 0.05) is 0 Å². The van der Waals surface area contributed by atoms with E-state index in [2.05, 4.69) is 63.8 Å². The van der Waals surface area contributed by atoms with Crippen molar-refractivity contribution in [3.05, 3.63) is 41.5 Å². The molecule has 0 radical (unpaired) electrons. The summed E-state index contributed by atoms with van der Waals surface area (Å²) in [6, 6.07) is 8.71. The van der Waals surface area contributed by atoms with Crippen molar-refractivity contribution in [2.24, 2.45) is 0 Å². The van der Waals surface area contributed by atoms with Crippen LogP contribution in [0.2, 0.25) is 0 Å². The summed E-state index contributed by atoms with van der Waals surface area (Å²) in [6.07, 6.45) is 7.10. The van der Waals surface area contributed by atoms with E-state index in [4.69, 9.17) is 0 Å². The van der Waals surface area contributed by atoms with Crippen LogP contribution in [0.5, 0.6) is 0 Å². The zero-order chi connectivity index (χ0) is 9.31. The Kier molecular flexibility index (Phi) is 6.21. The number of benzene rings is 1. The van der Waals surface area contributed by atoms with Crippen molar-refractivity contribution in [1.82, 2.24) is 0 Å². The van der Waals surface area contributed by atoms with E-state index in [9.17, 15) is 0 Å². The van der Waals surface area contributed by atoms with Crippen molar-refractivity contribution in [3.8, 4) is 0 Å². The summed E-state index contributed by atoms with van der Waals surface area (Å²) < 4.78 is 0.297. The second kappa shape index (κ2) is 6.10. The molecule has 0 aromatic heterocycles. The van der Waals surface area contributed by atoms with Crippen LogP contribution in [0.4, 0.5) is 0 Å². The number of hydrogen-bond donors (Lipinski definition) is 0. The van der Waals surface area contributed by atoms with Crippen LogP contribution in [0.1, 0.15) is 30.9 Å². The van der Waals surface area contributed by atoms with E-state index in [1.807, 2.05) is 0 Å². The largest absolute Gasteiger partial charge is 0.147 e. The molecule has 0 N–H and O–H groups in total. The maximum Gasteiger partial charge on any atom is -0.147 e. The zero-order valence-electron chi connectivity index (χ0n) is 8.69. The summed E-state index contributed by atoms with van der Waals surface area (Å²) in [7, 11) is 0. The molecule has 1 atom stereocenters. The summed E-state index contributed by atoms with van der Waals surface area (Å²) in [6.45, 7) is 2.25. The third kappa shape index (κ3) is 2.88. The van der Waals surface area contributed by atoms with Gasteiger partial charge in [-0.25, -0.2) is 0 Å². The van der Waals surface area contributed by atoms with Crippen LogP contribution in [-0.4, -0.2) is 0 Å². The number of allylic oxidation sites excluding steroid dienone is 1. The molecule has 0 fully saturated rings. The Labute approximate surface area is 116 Å². The van der Waals surface area contributed by atoms with Gasteiger partial charge in [0.2, 0.25) is 0 Å². The fourth-order valence-electron chi connectivity index (χ4n) is 1.98. The second-order valence-corrected chi connectivity index (χ2v) is 5.04. The third-order valence-corrected chi connectivity index (χ3v) is 3.70. The van der Waals surface area contributed by atoms with Gasteiger partial charge in [-0.2, -0.15) is 0 Å². The SMILES string of the molecule is CCC[C]1([Ti])C=Cc2ccccc21.Cl.Cl. The Hall–Kier alpha value is 0.254. The average molecular weight is 278 g/mol. The molecule has 0 nitrogen and oxygen atoms in total. The van der Waals surface area contributed by atoms with Gasteiger partial charge in [0.25, 0.3) is 0 Å². The fourth-order valence-corrected chi connectivity index (χ4v) is 2.86. The van der Waals surface area contributed by atoms with Gasteiger partial charge in [0.1, 0.15) is 0 Å². The van der Waals surface area contributed by atoms with Gasteiger partial charge in [-0.15, -0.1) is 24.8 Å². The third-order valence-electron chi connectivity index (χ3n) is 2.63. The van der Waals surface area contributed by atoms with Gasteiger partial charge < -0.3 is 0 Å². The molecule has 1 aliphatic rings. The molecule has 0 amide bonds. The molecule has 81 valence electrons. The Morgan fingerprint density at radius 2 is 1.87 bits per heavy atom. The fraction of sp³-hybridized carbons (Fsp3) is 0.333. The minimum atomic E-state index is 0. The predicted octanol–water partition coefficient (Wildman–Crippen LogP) is 4.10. The number of fused-ring (bicyclic) bond motifs is 1. The normalized spacial score (nSPS) is 21.3. The monoisotopic (exact) mass is 277 g/mol. The van der Waals surface area contributed by atoms with Gasteiger partial charge in [-0.1, -0.05) is 0 Å². The molecule has 3 heteroatoms. The van der Waals surface area contributed by atoms with Crippen LogP contribution < -0.4 is 0 Å². The van der Waals surface area contributed by atoms with Crippen molar-refractivity contribution < 1.29 is 20.4 Å². The molecule has 0 heterocycles. The first kappa shape index (κ1) is 15.3. The van der Waals surface area contributed by atoms with Crippen LogP contribution in [0, 0.1) is 0 Å². The Morgan fingerprint density at radius 1 is 1.20 bits per heavy atom. The smallest absolute Gasteiger partial charge is 0.147 e. The van der Waals surface area contributed by atoms with Crippen LogP contribution >= 0.6 is 24.8 Å². The molecule has 1 aliphatic carbocycles. The Morgan fingerprint density at radius 3 is 2.53 bits per heavy atom. The van der Waals surface area contributed by atoms with Crippen molar-refractivity contribution in [3.63, 3.8) is 0 Å². The Bertz CT molecular complexity index is 349. The summed E-state index contributed by atoms with van der Waals surface area (Å²) in [5.74, 6) is 0. The van der Waals surface area contributed by atoms with Gasteiger partial charge in [-0.05, 0) is 0 Å². The number of hydrogen-bond acceptors (Lipinski definition) is 0. The van der Waals surface area contributed by atoms with Gasteiger partial charge in [0.15, 0.2) is 0 Å². The molecule has 0 spiro atoms. The number of halogens is 2. The van der Waals surface area contributed by atoms with Crippen molar-refractivity contribution in [2.75, 3.05) is 0 Å². The quantitative estimate of drug-likeness (QED) is 0.714. The minimum Gasteiger partial charge on any atom is -0.147 e. The maximum absolute atomic E-state index is 2.35. The van der Waals surface area contributed by atoms with E-state index in [0.29, 0.717) is 3.72 Å². The van der Waals surface area contributed by atoms with E-state index in [-0.39, 0.29) is 24.8 Å². The molecule has 0 saturated carbocycles. The second-order valence-electron chi connectivity index (χ2n) is 3.64. The summed E-state index contributed by atoms with van der Waals surface area (Å²) in [5, 5.41) is 0. The van der Waals surface area contributed by atoms with Gasteiger partial charge in [0.05, 0.1) is 0 Å². The van der Waals surface area contributed by atoms with E-state index >= 15 is 0 Å². The molecule has 0 saturated heterocycles. The van der Waals surface area contributed by atoms with Crippen LogP contribution in [-0.2, 0) is 24.2 Å². The summed E-state index contributed by atoms with van der Waals surface area (Å²) in [5.41, 5.74) is 2.90. The van der Waals surface area contributed by atoms with E-state index in [1.54, 1.807) is 0 Å². The average Bonchev–Trinajstić information content (AvgIpc) is 2.46. The van der Waals surface area contributed by atoms with Crippen molar-refractivity contribution in [2.45, 2.75) is 23.5 Å². The standard InChI is InChI=1S/C12H13.2ClH.Ti/c1-2-5-10-8-9-11-6-3-4-7-12(10)11;;;/h3-4,6-9H,2,5H2,1H3;2*1H;. The first-order valence-electron chi connectivity index (χ1n) is 4.80. The molecule has 1 unspecified atom stereocenters. The Balaban J connectivity index is 0.000000980. The molecule has 1 aromatic carbocycles. The zero-order valence-corrected chi connectivity index (χ0v) is 11.9. The molecular weight excluding hydrogens is 263 g/mol. The molecule has 0 aliphatic heterocycles. The topological polar surface area (TPSA) is 0 Å². The maximum atomic E-state index is 2.35. The molecule has 2 rings (SSSR count). The van der Waals surface area contributed by atoms with E-state index in [1.165, 1.54) is 24.0 Å². The van der Waals surface area contributed by atoms with E-state index < -0.39 is 0 Å². The van der Waals surface area contributed by atoms with Crippen molar-refractivity contribution in [1.29, 1.82) is 0 Å². The molecular formula is C12H15Cl2Ti. The van der Waals surface area contributed by atoms with Crippen LogP contribution in [0.3, 0.4) is 0 Å². The number of rotatable bonds is 2. The van der Waals surface area contributed by atoms with Crippen LogP contribution in [0.15, 0.2) is 30.3 Å². The van der Waals surface area contributed by atoms with Gasteiger partial charge >= 0.3 is 91.5 Å². The summed E-state index contributed by atoms with van der Waals surface area (Å²) in [4.78, 5) is 0. The first-order valence-corrected chi connectivity index (χ1v) is 5.58. The summed E-state index contributed by atoms with van der Waals surface area (Å²) >= 11 is 2.33. The van der Waals surface area contributed by atoms with E-state index in [0.717, 1.165) is 0 Å². The predicted molar refractivity (Wildman–Crippen MR) is 66.6 cm³/mol.